The third kappa shape index (κ3) is 3.40. The Morgan fingerprint density at radius 2 is 1.78 bits per heavy atom. The summed E-state index contributed by atoms with van der Waals surface area (Å²) in [7, 11) is 0. The molecule has 0 atom stereocenters. The van der Waals surface area contributed by atoms with Gasteiger partial charge in [-0.25, -0.2) is 14.8 Å². The second kappa shape index (κ2) is 7.19. The van der Waals surface area contributed by atoms with Crippen LogP contribution in [0.1, 0.15) is 30.9 Å². The largest absolute Gasteiger partial charge is 0.327 e. The van der Waals surface area contributed by atoms with Crippen molar-refractivity contribution in [3.63, 3.8) is 0 Å². The maximum Gasteiger partial charge on any atom is 0.327 e. The Bertz CT molecular complexity index is 1130. The fourth-order valence-corrected chi connectivity index (χ4v) is 3.37. The molecule has 0 aliphatic heterocycles. The number of aryl methyl sites for hydroxylation is 2. The first-order valence-corrected chi connectivity index (χ1v) is 9.22. The van der Waals surface area contributed by atoms with E-state index in [2.05, 4.69) is 42.0 Å². The Kier molecular flexibility index (Phi) is 4.59. The molecule has 5 nitrogen and oxygen atoms in total. The maximum absolute atomic E-state index is 12.4. The lowest BCUT2D eigenvalue weighted by atomic mass is 9.97. The van der Waals surface area contributed by atoms with E-state index in [9.17, 15) is 4.79 Å². The molecule has 2 aromatic carbocycles. The summed E-state index contributed by atoms with van der Waals surface area (Å²) in [5, 5.41) is 0. The SMILES string of the molecule is CC(C)c1ccccc1-c1ncc2[nH]c(=O)n(CCc3ccccc3)c2n1. The van der Waals surface area contributed by atoms with Gasteiger partial charge in [-0.1, -0.05) is 68.4 Å². The van der Waals surface area contributed by atoms with Crippen LogP contribution >= 0.6 is 0 Å². The lowest BCUT2D eigenvalue weighted by Crippen LogP contribution is -2.18. The number of aromatic nitrogens is 4. The summed E-state index contributed by atoms with van der Waals surface area (Å²) in [6.07, 6.45) is 2.48. The molecule has 0 saturated carbocycles. The summed E-state index contributed by atoms with van der Waals surface area (Å²) in [5.41, 5.74) is 4.57. The maximum atomic E-state index is 12.4. The standard InChI is InChI=1S/C22H22N4O/c1-15(2)17-10-6-7-11-18(17)20-23-14-19-21(25-20)26(22(27)24-19)13-12-16-8-4-3-5-9-16/h3-11,14-15H,12-13H2,1-2H3,(H,24,27). The lowest BCUT2D eigenvalue weighted by molar-refractivity contribution is 0.685. The van der Waals surface area contributed by atoms with Crippen molar-refractivity contribution >= 4 is 11.2 Å². The number of rotatable bonds is 5. The number of nitrogens with one attached hydrogen (secondary N) is 1. The van der Waals surface area contributed by atoms with Gasteiger partial charge in [0.15, 0.2) is 11.5 Å². The first-order valence-electron chi connectivity index (χ1n) is 9.22. The van der Waals surface area contributed by atoms with E-state index in [-0.39, 0.29) is 5.69 Å². The van der Waals surface area contributed by atoms with E-state index in [4.69, 9.17) is 4.98 Å². The van der Waals surface area contributed by atoms with Gasteiger partial charge in [0.1, 0.15) is 5.52 Å². The predicted octanol–water partition coefficient (Wildman–Crippen LogP) is 4.15. The van der Waals surface area contributed by atoms with Crippen molar-refractivity contribution in [3.05, 3.63) is 82.4 Å². The van der Waals surface area contributed by atoms with Crippen LogP contribution in [0.5, 0.6) is 0 Å². The highest BCUT2D eigenvalue weighted by Crippen LogP contribution is 2.27. The van der Waals surface area contributed by atoms with Crippen LogP contribution in [0.15, 0.2) is 65.6 Å². The molecule has 0 fully saturated rings. The molecule has 4 rings (SSSR count). The van der Waals surface area contributed by atoms with Gasteiger partial charge < -0.3 is 4.98 Å². The zero-order valence-corrected chi connectivity index (χ0v) is 15.5. The molecule has 4 aromatic rings. The molecule has 2 heterocycles. The summed E-state index contributed by atoms with van der Waals surface area (Å²) in [5.74, 6) is 1.02. The molecule has 0 amide bonds. The minimum absolute atomic E-state index is 0.149. The van der Waals surface area contributed by atoms with Gasteiger partial charge in [0.05, 0.1) is 6.20 Å². The zero-order valence-electron chi connectivity index (χ0n) is 15.5. The molecule has 0 saturated heterocycles. The van der Waals surface area contributed by atoms with Crippen LogP contribution in [-0.2, 0) is 13.0 Å². The normalized spacial score (nSPS) is 11.4. The Labute approximate surface area is 157 Å². The van der Waals surface area contributed by atoms with E-state index < -0.39 is 0 Å². The van der Waals surface area contributed by atoms with Crippen molar-refractivity contribution in [1.82, 2.24) is 19.5 Å². The van der Waals surface area contributed by atoms with Gasteiger partial charge >= 0.3 is 5.69 Å². The number of hydrogen-bond donors (Lipinski definition) is 1. The zero-order chi connectivity index (χ0) is 18.8. The summed E-state index contributed by atoms with van der Waals surface area (Å²) < 4.78 is 1.70. The van der Waals surface area contributed by atoms with Gasteiger partial charge in [0.25, 0.3) is 0 Å². The summed E-state index contributed by atoms with van der Waals surface area (Å²) in [4.78, 5) is 24.5. The quantitative estimate of drug-likeness (QED) is 0.583. The first-order chi connectivity index (χ1) is 13.1. The highest BCUT2D eigenvalue weighted by atomic mass is 16.1. The number of hydrogen-bond acceptors (Lipinski definition) is 3. The molecule has 1 N–H and O–H groups in total. The number of H-pyrrole nitrogens is 1. The van der Waals surface area contributed by atoms with Gasteiger partial charge in [-0.05, 0) is 23.5 Å². The van der Waals surface area contributed by atoms with Crippen LogP contribution in [0.3, 0.4) is 0 Å². The second-order valence-electron chi connectivity index (χ2n) is 6.99. The summed E-state index contributed by atoms with van der Waals surface area (Å²) >= 11 is 0. The van der Waals surface area contributed by atoms with Crippen molar-refractivity contribution in [2.24, 2.45) is 0 Å². The minimum atomic E-state index is -0.149. The Morgan fingerprint density at radius 1 is 1.04 bits per heavy atom. The van der Waals surface area contributed by atoms with Gasteiger partial charge in [0.2, 0.25) is 0 Å². The monoisotopic (exact) mass is 358 g/mol. The molecule has 5 heteroatoms. The van der Waals surface area contributed by atoms with Gasteiger partial charge in [-0.2, -0.15) is 0 Å². The smallest absolute Gasteiger partial charge is 0.303 e. The number of fused-ring (bicyclic) bond motifs is 1. The van der Waals surface area contributed by atoms with Gasteiger partial charge in [0, 0.05) is 12.1 Å². The van der Waals surface area contributed by atoms with Crippen LogP contribution in [0.4, 0.5) is 0 Å². The Hall–Kier alpha value is -3.21. The van der Waals surface area contributed by atoms with E-state index in [1.807, 2.05) is 36.4 Å². The molecular formula is C22H22N4O. The third-order valence-electron chi connectivity index (χ3n) is 4.80. The summed E-state index contributed by atoms with van der Waals surface area (Å²) in [6.45, 7) is 4.89. The van der Waals surface area contributed by atoms with Crippen LogP contribution in [0.25, 0.3) is 22.6 Å². The highest BCUT2D eigenvalue weighted by molar-refractivity contribution is 5.73. The fourth-order valence-electron chi connectivity index (χ4n) is 3.37. The number of nitrogens with zero attached hydrogens (tertiary/aromatic N) is 3. The van der Waals surface area contributed by atoms with Crippen molar-refractivity contribution in [1.29, 1.82) is 0 Å². The van der Waals surface area contributed by atoms with Crippen LogP contribution in [-0.4, -0.2) is 19.5 Å². The van der Waals surface area contributed by atoms with Crippen molar-refractivity contribution in [2.45, 2.75) is 32.7 Å². The molecular weight excluding hydrogens is 336 g/mol. The topological polar surface area (TPSA) is 63.6 Å². The van der Waals surface area contributed by atoms with E-state index >= 15 is 0 Å². The van der Waals surface area contributed by atoms with Crippen LogP contribution in [0.2, 0.25) is 0 Å². The van der Waals surface area contributed by atoms with E-state index in [0.717, 1.165) is 12.0 Å². The molecule has 0 aliphatic carbocycles. The van der Waals surface area contributed by atoms with Gasteiger partial charge in [-0.3, -0.25) is 4.57 Å². The summed E-state index contributed by atoms with van der Waals surface area (Å²) in [6, 6.07) is 18.3. The second-order valence-corrected chi connectivity index (χ2v) is 6.99. The molecule has 0 spiro atoms. The number of imidazole rings is 1. The minimum Gasteiger partial charge on any atom is -0.303 e. The van der Waals surface area contributed by atoms with Crippen LogP contribution < -0.4 is 5.69 Å². The van der Waals surface area contributed by atoms with E-state index in [0.29, 0.717) is 29.5 Å². The van der Waals surface area contributed by atoms with Crippen molar-refractivity contribution in [2.75, 3.05) is 0 Å². The van der Waals surface area contributed by atoms with E-state index in [1.54, 1.807) is 10.8 Å². The average molecular weight is 358 g/mol. The highest BCUT2D eigenvalue weighted by Gasteiger charge is 2.14. The molecule has 136 valence electrons. The van der Waals surface area contributed by atoms with Gasteiger partial charge in [-0.15, -0.1) is 0 Å². The number of aromatic amines is 1. The molecule has 0 radical (unpaired) electrons. The molecule has 0 unspecified atom stereocenters. The Morgan fingerprint density at radius 3 is 2.56 bits per heavy atom. The first kappa shape index (κ1) is 17.2. The third-order valence-corrected chi connectivity index (χ3v) is 4.80. The average Bonchev–Trinajstić information content (AvgIpc) is 3.01. The lowest BCUT2D eigenvalue weighted by Gasteiger charge is -2.11. The number of benzene rings is 2. The Balaban J connectivity index is 1.75. The van der Waals surface area contributed by atoms with Crippen molar-refractivity contribution in [3.8, 4) is 11.4 Å². The molecule has 27 heavy (non-hydrogen) atoms. The predicted molar refractivity (Wildman–Crippen MR) is 108 cm³/mol. The molecule has 2 aromatic heterocycles. The van der Waals surface area contributed by atoms with Crippen LogP contribution in [0, 0.1) is 0 Å². The molecule has 0 aliphatic rings. The van der Waals surface area contributed by atoms with Crippen molar-refractivity contribution < 1.29 is 0 Å². The fraction of sp³-hybridized carbons (Fsp3) is 0.227. The van der Waals surface area contributed by atoms with E-state index in [1.165, 1.54) is 11.1 Å². The molecule has 0 bridgehead atoms.